The number of ether oxygens (including phenoxy) is 1. The summed E-state index contributed by atoms with van der Waals surface area (Å²) in [6.45, 7) is 2.78. The Labute approximate surface area is 92.1 Å². The number of carbonyl (C=O) groups is 1. The summed E-state index contributed by atoms with van der Waals surface area (Å²) in [5.41, 5.74) is -1.40. The van der Waals surface area contributed by atoms with Crippen LogP contribution in [0.4, 0.5) is 0 Å². The molecular weight excluding hydrogens is 220 g/mol. The maximum absolute atomic E-state index is 10.8. The molecule has 0 spiro atoms. The first-order valence-electron chi connectivity index (χ1n) is 4.24. The molecule has 0 radical (unpaired) electrons. The normalized spacial score (nSPS) is 11.1. The molecule has 0 saturated heterocycles. The van der Waals surface area contributed by atoms with Crippen molar-refractivity contribution in [1.29, 1.82) is 0 Å². The van der Waals surface area contributed by atoms with Crippen LogP contribution >= 0.6 is 11.6 Å². The van der Waals surface area contributed by atoms with E-state index in [9.17, 15) is 9.90 Å². The van der Waals surface area contributed by atoms with Crippen molar-refractivity contribution in [3.05, 3.63) is 23.2 Å². The summed E-state index contributed by atoms with van der Waals surface area (Å²) >= 11 is 5.62. The molecule has 0 aromatic heterocycles. The molecule has 0 fully saturated rings. The highest BCUT2D eigenvalue weighted by Gasteiger charge is 2.30. The van der Waals surface area contributed by atoms with Crippen molar-refractivity contribution in [1.82, 2.24) is 0 Å². The Kier molecular flexibility index (Phi) is 3.09. The lowest BCUT2D eigenvalue weighted by Gasteiger charge is -2.21. The summed E-state index contributed by atoms with van der Waals surface area (Å²) < 4.78 is 5.14. The van der Waals surface area contributed by atoms with Crippen molar-refractivity contribution < 1.29 is 19.7 Å². The number of aromatic hydroxyl groups is 1. The number of phenolic OH excluding ortho intramolecular Hbond substituents is 1. The van der Waals surface area contributed by atoms with E-state index in [0.29, 0.717) is 5.02 Å². The summed E-state index contributed by atoms with van der Waals surface area (Å²) in [6.07, 6.45) is 0. The zero-order valence-electron chi connectivity index (χ0n) is 8.32. The maximum atomic E-state index is 10.8. The van der Waals surface area contributed by atoms with Gasteiger partial charge in [-0.1, -0.05) is 11.6 Å². The van der Waals surface area contributed by atoms with Crippen molar-refractivity contribution in [3.8, 4) is 11.5 Å². The largest absolute Gasteiger partial charge is 0.504 e. The number of hydrogen-bond acceptors (Lipinski definition) is 3. The summed E-state index contributed by atoms with van der Waals surface area (Å²) in [6, 6.07) is 4.21. The van der Waals surface area contributed by atoms with E-state index in [1.807, 2.05) is 0 Å². The van der Waals surface area contributed by atoms with E-state index in [-0.39, 0.29) is 11.5 Å². The molecule has 0 bridgehead atoms. The lowest BCUT2D eigenvalue weighted by molar-refractivity contribution is -0.152. The van der Waals surface area contributed by atoms with Crippen molar-refractivity contribution in [2.45, 2.75) is 19.4 Å². The molecule has 1 aromatic carbocycles. The molecule has 82 valence electrons. The molecule has 0 aliphatic carbocycles. The number of halogens is 1. The predicted molar refractivity (Wildman–Crippen MR) is 55.5 cm³/mol. The molecule has 4 nitrogen and oxygen atoms in total. The molecule has 15 heavy (non-hydrogen) atoms. The number of carboxylic acid groups (broad SMARTS) is 1. The number of benzene rings is 1. The number of hydrogen-bond donors (Lipinski definition) is 2. The first kappa shape index (κ1) is 11.7. The second-order valence-electron chi connectivity index (χ2n) is 3.53. The van der Waals surface area contributed by atoms with E-state index < -0.39 is 11.6 Å². The van der Waals surface area contributed by atoms with Crippen molar-refractivity contribution in [2.24, 2.45) is 0 Å². The fourth-order valence-electron chi connectivity index (χ4n) is 0.895. The average molecular weight is 231 g/mol. The quantitative estimate of drug-likeness (QED) is 0.836. The number of carboxylic acids is 1. The minimum atomic E-state index is -1.40. The van der Waals surface area contributed by atoms with Gasteiger partial charge in [0.1, 0.15) is 0 Å². The van der Waals surface area contributed by atoms with Crippen molar-refractivity contribution >= 4 is 17.6 Å². The Bertz CT molecular complexity index is 387. The topological polar surface area (TPSA) is 66.8 Å². The molecule has 0 amide bonds. The molecule has 0 saturated carbocycles. The molecule has 1 rings (SSSR count). The van der Waals surface area contributed by atoms with Gasteiger partial charge < -0.3 is 14.9 Å². The highest BCUT2D eigenvalue weighted by atomic mass is 35.5. The third-order valence-electron chi connectivity index (χ3n) is 1.80. The van der Waals surface area contributed by atoms with Gasteiger partial charge in [0.2, 0.25) is 0 Å². The average Bonchev–Trinajstić information content (AvgIpc) is 2.09. The maximum Gasteiger partial charge on any atom is 0.347 e. The van der Waals surface area contributed by atoms with Gasteiger partial charge >= 0.3 is 5.97 Å². The van der Waals surface area contributed by atoms with Crippen molar-refractivity contribution in [3.63, 3.8) is 0 Å². The standard InChI is InChI=1S/C10H11ClO4/c1-10(2,9(13)14)15-8-4-3-6(11)5-7(8)12/h3-5,12H,1-2H3,(H,13,14). The van der Waals surface area contributed by atoms with E-state index in [2.05, 4.69) is 0 Å². The van der Waals surface area contributed by atoms with Gasteiger partial charge in [-0.15, -0.1) is 0 Å². The van der Waals surface area contributed by atoms with E-state index in [4.69, 9.17) is 21.4 Å². The van der Waals surface area contributed by atoms with Gasteiger partial charge in [0, 0.05) is 11.1 Å². The Balaban J connectivity index is 2.95. The van der Waals surface area contributed by atoms with Gasteiger partial charge in [-0.2, -0.15) is 0 Å². The van der Waals surface area contributed by atoms with Crippen LogP contribution in [0.3, 0.4) is 0 Å². The van der Waals surface area contributed by atoms with Crippen LogP contribution in [0.1, 0.15) is 13.8 Å². The number of aliphatic carboxylic acids is 1. The monoisotopic (exact) mass is 230 g/mol. The second kappa shape index (κ2) is 3.98. The van der Waals surface area contributed by atoms with Crippen LogP contribution in [-0.4, -0.2) is 21.8 Å². The lowest BCUT2D eigenvalue weighted by Crippen LogP contribution is -2.37. The van der Waals surface area contributed by atoms with Crippen LogP contribution in [0.2, 0.25) is 5.02 Å². The van der Waals surface area contributed by atoms with Crippen molar-refractivity contribution in [2.75, 3.05) is 0 Å². The molecule has 0 unspecified atom stereocenters. The summed E-state index contributed by atoms with van der Waals surface area (Å²) in [7, 11) is 0. The van der Waals surface area contributed by atoms with Gasteiger partial charge in [0.15, 0.2) is 17.1 Å². The molecule has 0 atom stereocenters. The third-order valence-corrected chi connectivity index (χ3v) is 2.04. The van der Waals surface area contributed by atoms with E-state index in [1.165, 1.54) is 32.0 Å². The smallest absolute Gasteiger partial charge is 0.347 e. The minimum Gasteiger partial charge on any atom is -0.504 e. The van der Waals surface area contributed by atoms with Crippen LogP contribution in [0, 0.1) is 0 Å². The summed E-state index contributed by atoms with van der Waals surface area (Å²) in [5.74, 6) is -1.21. The van der Waals surface area contributed by atoms with Crippen LogP contribution in [-0.2, 0) is 4.79 Å². The molecular formula is C10H11ClO4. The first-order valence-corrected chi connectivity index (χ1v) is 4.61. The minimum absolute atomic E-state index is 0.0896. The summed E-state index contributed by atoms with van der Waals surface area (Å²) in [5, 5.41) is 18.6. The molecule has 0 aliphatic rings. The van der Waals surface area contributed by atoms with E-state index in [1.54, 1.807) is 0 Å². The SMILES string of the molecule is CC(C)(Oc1ccc(Cl)cc1O)C(=O)O. The van der Waals surface area contributed by atoms with Gasteiger partial charge in [0.25, 0.3) is 0 Å². The Morgan fingerprint density at radius 3 is 2.53 bits per heavy atom. The fraction of sp³-hybridized carbons (Fsp3) is 0.300. The number of phenols is 1. The predicted octanol–water partition coefficient (Wildman–Crippen LogP) is 2.29. The molecule has 5 heteroatoms. The van der Waals surface area contributed by atoms with Crippen LogP contribution in [0.15, 0.2) is 18.2 Å². The van der Waals surface area contributed by atoms with Gasteiger partial charge in [-0.3, -0.25) is 0 Å². The van der Waals surface area contributed by atoms with Gasteiger partial charge in [0.05, 0.1) is 0 Å². The number of rotatable bonds is 3. The first-order chi connectivity index (χ1) is 6.83. The van der Waals surface area contributed by atoms with Gasteiger partial charge in [-0.05, 0) is 26.0 Å². The lowest BCUT2D eigenvalue weighted by atomic mass is 10.1. The van der Waals surface area contributed by atoms with Gasteiger partial charge in [-0.25, -0.2) is 4.79 Å². The van der Waals surface area contributed by atoms with E-state index in [0.717, 1.165) is 0 Å². The highest BCUT2D eigenvalue weighted by Crippen LogP contribution is 2.31. The Morgan fingerprint density at radius 2 is 2.07 bits per heavy atom. The molecule has 0 aliphatic heterocycles. The fourth-order valence-corrected chi connectivity index (χ4v) is 1.06. The second-order valence-corrected chi connectivity index (χ2v) is 3.97. The van der Waals surface area contributed by atoms with E-state index >= 15 is 0 Å². The summed E-state index contributed by atoms with van der Waals surface area (Å²) in [4.78, 5) is 10.8. The van der Waals surface area contributed by atoms with Crippen LogP contribution < -0.4 is 4.74 Å². The van der Waals surface area contributed by atoms with Crippen LogP contribution in [0.5, 0.6) is 11.5 Å². The zero-order valence-corrected chi connectivity index (χ0v) is 9.08. The zero-order chi connectivity index (χ0) is 11.6. The Morgan fingerprint density at radius 1 is 1.47 bits per heavy atom. The molecule has 1 aromatic rings. The molecule has 0 heterocycles. The van der Waals surface area contributed by atoms with Crippen LogP contribution in [0.25, 0.3) is 0 Å². The Hall–Kier alpha value is -1.42. The third kappa shape index (κ3) is 2.76. The molecule has 2 N–H and O–H groups in total. The highest BCUT2D eigenvalue weighted by molar-refractivity contribution is 6.30.